The second-order valence-corrected chi connectivity index (χ2v) is 10.1. The zero-order valence-corrected chi connectivity index (χ0v) is 20.6. The summed E-state index contributed by atoms with van der Waals surface area (Å²) in [6.07, 6.45) is 0.708. The van der Waals surface area contributed by atoms with Crippen LogP contribution in [0.2, 0.25) is 5.02 Å². The standard InChI is InChI=1S/C27H23ClN4O2S/c1-17-7-9-19(10-8-17)23-15-22(18-11-13-20(28)14-12-18)31-32(23)27-30-26(34)24(35-27)16-25(33)29-21-5-3-2-4-6-21/h2-14,23-24H,15-16H2,1H3,(H,29,33)/t23-,24-/m0/s1. The summed E-state index contributed by atoms with van der Waals surface area (Å²) in [5.74, 6) is -0.536. The highest BCUT2D eigenvalue weighted by molar-refractivity contribution is 8.15. The SMILES string of the molecule is Cc1ccc([C@@H]2CC(c3ccc(Cl)cc3)=NN2C2=NC(=O)[C@H](CC(=O)Nc3ccccc3)S2)cc1. The molecule has 35 heavy (non-hydrogen) atoms. The highest BCUT2D eigenvalue weighted by atomic mass is 35.5. The maximum Gasteiger partial charge on any atom is 0.262 e. The number of aryl methyl sites for hydroxylation is 1. The van der Waals surface area contributed by atoms with Crippen molar-refractivity contribution in [3.63, 3.8) is 0 Å². The van der Waals surface area contributed by atoms with Crippen LogP contribution in [0.4, 0.5) is 5.69 Å². The Hall–Kier alpha value is -3.42. The third-order valence-corrected chi connectivity index (χ3v) is 7.30. The fraction of sp³-hybridized carbons (Fsp3) is 0.185. The van der Waals surface area contributed by atoms with Gasteiger partial charge in [0, 0.05) is 23.6 Å². The third kappa shape index (κ3) is 5.31. The second-order valence-electron chi connectivity index (χ2n) is 8.49. The molecule has 0 spiro atoms. The van der Waals surface area contributed by atoms with Crippen LogP contribution in [0.1, 0.15) is 35.6 Å². The Morgan fingerprint density at radius 2 is 1.77 bits per heavy atom. The summed E-state index contributed by atoms with van der Waals surface area (Å²) in [6, 6.07) is 25.0. The normalized spacial score (nSPS) is 19.5. The molecule has 0 aromatic heterocycles. The molecule has 2 amide bonds. The van der Waals surface area contributed by atoms with E-state index in [2.05, 4.69) is 34.6 Å². The number of nitrogens with zero attached hydrogens (tertiary/aromatic N) is 3. The van der Waals surface area contributed by atoms with Crippen molar-refractivity contribution in [3.05, 3.63) is 101 Å². The molecular formula is C27H23ClN4O2S. The van der Waals surface area contributed by atoms with E-state index in [0.29, 0.717) is 22.3 Å². The van der Waals surface area contributed by atoms with E-state index >= 15 is 0 Å². The lowest BCUT2D eigenvalue weighted by Gasteiger charge is -2.23. The van der Waals surface area contributed by atoms with E-state index in [4.69, 9.17) is 16.7 Å². The molecule has 2 heterocycles. The Kier molecular flexibility index (Phi) is 6.70. The van der Waals surface area contributed by atoms with Crippen LogP contribution < -0.4 is 5.32 Å². The first kappa shape index (κ1) is 23.3. The van der Waals surface area contributed by atoms with Gasteiger partial charge in [-0.05, 0) is 42.3 Å². The summed E-state index contributed by atoms with van der Waals surface area (Å²) in [5.41, 5.74) is 4.83. The predicted octanol–water partition coefficient (Wildman–Crippen LogP) is 5.83. The Morgan fingerprint density at radius 1 is 1.06 bits per heavy atom. The molecule has 1 N–H and O–H groups in total. The summed E-state index contributed by atoms with van der Waals surface area (Å²) < 4.78 is 0. The van der Waals surface area contributed by atoms with Crippen molar-refractivity contribution in [3.8, 4) is 0 Å². The maximum atomic E-state index is 12.7. The van der Waals surface area contributed by atoms with Crippen LogP contribution in [-0.2, 0) is 9.59 Å². The molecule has 176 valence electrons. The number of halogens is 1. The van der Waals surface area contributed by atoms with Gasteiger partial charge in [0.05, 0.1) is 11.8 Å². The summed E-state index contributed by atoms with van der Waals surface area (Å²) in [6.45, 7) is 2.05. The van der Waals surface area contributed by atoms with Crippen LogP contribution in [-0.4, -0.2) is 33.0 Å². The smallest absolute Gasteiger partial charge is 0.262 e. The molecule has 0 saturated carbocycles. The molecule has 0 bridgehead atoms. The summed E-state index contributed by atoms with van der Waals surface area (Å²) in [7, 11) is 0. The molecule has 0 fully saturated rings. The summed E-state index contributed by atoms with van der Waals surface area (Å²) in [4.78, 5) is 29.6. The average Bonchev–Trinajstić information content (AvgIpc) is 3.45. The van der Waals surface area contributed by atoms with Crippen LogP contribution in [0.15, 0.2) is 89.0 Å². The number of benzene rings is 3. The Morgan fingerprint density at radius 3 is 2.49 bits per heavy atom. The van der Waals surface area contributed by atoms with Gasteiger partial charge in [0.15, 0.2) is 5.17 Å². The zero-order chi connectivity index (χ0) is 24.4. The Bertz CT molecular complexity index is 1310. The fourth-order valence-electron chi connectivity index (χ4n) is 4.06. The largest absolute Gasteiger partial charge is 0.326 e. The van der Waals surface area contributed by atoms with Gasteiger partial charge in [-0.2, -0.15) is 10.1 Å². The highest BCUT2D eigenvalue weighted by Crippen LogP contribution is 2.38. The van der Waals surface area contributed by atoms with Crippen molar-refractivity contribution >= 4 is 51.7 Å². The number of carbonyl (C=O) groups is 2. The lowest BCUT2D eigenvalue weighted by Crippen LogP contribution is -2.25. The van der Waals surface area contributed by atoms with Gasteiger partial charge >= 0.3 is 0 Å². The van der Waals surface area contributed by atoms with Gasteiger partial charge in [-0.25, -0.2) is 5.01 Å². The number of hydrogen-bond acceptors (Lipinski definition) is 5. The van der Waals surface area contributed by atoms with Crippen LogP contribution in [0.25, 0.3) is 0 Å². The van der Waals surface area contributed by atoms with Gasteiger partial charge in [0.25, 0.3) is 5.91 Å². The Labute approximate surface area is 213 Å². The number of rotatable bonds is 5. The van der Waals surface area contributed by atoms with Crippen molar-refractivity contribution in [2.75, 3.05) is 5.32 Å². The fourth-order valence-corrected chi connectivity index (χ4v) is 5.25. The molecule has 8 heteroatoms. The Balaban J connectivity index is 1.36. The monoisotopic (exact) mass is 502 g/mol. The average molecular weight is 503 g/mol. The number of thioether (sulfide) groups is 1. The van der Waals surface area contributed by atoms with Gasteiger partial charge in [0.2, 0.25) is 5.91 Å². The molecule has 5 rings (SSSR count). The van der Waals surface area contributed by atoms with E-state index in [1.165, 1.54) is 17.3 Å². The highest BCUT2D eigenvalue weighted by Gasteiger charge is 2.39. The molecule has 6 nitrogen and oxygen atoms in total. The van der Waals surface area contributed by atoms with E-state index in [0.717, 1.165) is 16.8 Å². The van der Waals surface area contributed by atoms with Gasteiger partial charge in [-0.15, -0.1) is 0 Å². The first-order valence-corrected chi connectivity index (χ1v) is 12.6. The quantitative estimate of drug-likeness (QED) is 0.476. The molecule has 2 aliphatic heterocycles. The van der Waals surface area contributed by atoms with Gasteiger partial charge in [-0.3, -0.25) is 9.59 Å². The van der Waals surface area contributed by atoms with Gasteiger partial charge < -0.3 is 5.32 Å². The third-order valence-electron chi connectivity index (χ3n) is 5.90. The molecule has 2 aliphatic rings. The number of anilines is 1. The van der Waals surface area contributed by atoms with E-state index in [1.54, 1.807) is 0 Å². The minimum Gasteiger partial charge on any atom is -0.326 e. The zero-order valence-electron chi connectivity index (χ0n) is 19.0. The van der Waals surface area contributed by atoms with Crippen molar-refractivity contribution in [2.24, 2.45) is 10.1 Å². The van der Waals surface area contributed by atoms with E-state index in [-0.39, 0.29) is 24.3 Å². The lowest BCUT2D eigenvalue weighted by atomic mass is 9.98. The number of nitrogens with one attached hydrogen (secondary N) is 1. The van der Waals surface area contributed by atoms with E-state index in [1.807, 2.05) is 66.5 Å². The first-order valence-electron chi connectivity index (χ1n) is 11.3. The summed E-state index contributed by atoms with van der Waals surface area (Å²) >= 11 is 7.37. The number of carbonyl (C=O) groups excluding carboxylic acids is 2. The number of aliphatic imine (C=N–C) groups is 1. The molecule has 0 unspecified atom stereocenters. The number of hydrazone groups is 1. The van der Waals surface area contributed by atoms with Crippen LogP contribution in [0.5, 0.6) is 0 Å². The van der Waals surface area contributed by atoms with Crippen LogP contribution >= 0.6 is 23.4 Å². The predicted molar refractivity (Wildman–Crippen MR) is 142 cm³/mol. The van der Waals surface area contributed by atoms with Crippen LogP contribution in [0, 0.1) is 6.92 Å². The van der Waals surface area contributed by atoms with Crippen LogP contribution in [0.3, 0.4) is 0 Å². The molecule has 2 atom stereocenters. The van der Waals surface area contributed by atoms with Crippen molar-refractivity contribution < 1.29 is 9.59 Å². The number of amides is 2. The van der Waals surface area contributed by atoms with Crippen molar-refractivity contribution in [1.29, 1.82) is 0 Å². The molecular weight excluding hydrogens is 480 g/mol. The molecule has 0 radical (unpaired) electrons. The first-order chi connectivity index (χ1) is 17.0. The van der Waals surface area contributed by atoms with E-state index in [9.17, 15) is 9.59 Å². The number of amidine groups is 1. The lowest BCUT2D eigenvalue weighted by molar-refractivity contribution is -0.121. The minimum absolute atomic E-state index is 0.0438. The minimum atomic E-state index is -0.581. The van der Waals surface area contributed by atoms with E-state index < -0.39 is 5.25 Å². The second kappa shape index (κ2) is 10.1. The topological polar surface area (TPSA) is 74.1 Å². The van der Waals surface area contributed by atoms with Gasteiger partial charge in [0.1, 0.15) is 5.25 Å². The molecule has 0 saturated heterocycles. The molecule has 3 aromatic rings. The molecule has 0 aliphatic carbocycles. The maximum absolute atomic E-state index is 12.7. The van der Waals surface area contributed by atoms with Crippen molar-refractivity contribution in [2.45, 2.75) is 31.1 Å². The van der Waals surface area contributed by atoms with Gasteiger partial charge in [-0.1, -0.05) is 83.5 Å². The molecule has 3 aromatic carbocycles. The number of hydrogen-bond donors (Lipinski definition) is 1. The number of para-hydroxylation sites is 1. The van der Waals surface area contributed by atoms with Crippen molar-refractivity contribution in [1.82, 2.24) is 5.01 Å². The summed E-state index contributed by atoms with van der Waals surface area (Å²) in [5, 5.41) is 10.1.